The lowest BCUT2D eigenvalue weighted by atomic mass is 10.2. The van der Waals surface area contributed by atoms with E-state index in [4.69, 9.17) is 10.5 Å². The second-order valence-corrected chi connectivity index (χ2v) is 3.92. The molecule has 5 heteroatoms. The highest BCUT2D eigenvalue weighted by Crippen LogP contribution is 2.18. The van der Waals surface area contributed by atoms with Crippen LogP contribution in [-0.4, -0.2) is 18.1 Å². The number of ether oxygens (including phenoxy) is 1. The third-order valence-corrected chi connectivity index (χ3v) is 2.56. The van der Waals surface area contributed by atoms with E-state index in [1.54, 1.807) is 6.07 Å². The van der Waals surface area contributed by atoms with Crippen LogP contribution in [0.15, 0.2) is 35.1 Å². The molecule has 0 aliphatic rings. The second kappa shape index (κ2) is 7.03. The Morgan fingerprint density at radius 2 is 2.00 bits per heavy atom. The summed E-state index contributed by atoms with van der Waals surface area (Å²) in [6.07, 6.45) is 1.93. The van der Waals surface area contributed by atoms with Crippen LogP contribution in [0.2, 0.25) is 0 Å². The lowest BCUT2D eigenvalue weighted by Gasteiger charge is -2.06. The van der Waals surface area contributed by atoms with Crippen LogP contribution in [0.3, 0.4) is 0 Å². The van der Waals surface area contributed by atoms with Crippen molar-refractivity contribution < 1.29 is 4.74 Å². The van der Waals surface area contributed by atoms with E-state index in [1.807, 2.05) is 18.2 Å². The molecule has 1 aromatic heterocycles. The van der Waals surface area contributed by atoms with E-state index >= 15 is 0 Å². The zero-order valence-corrected chi connectivity index (χ0v) is 10.8. The molecule has 18 heavy (non-hydrogen) atoms. The summed E-state index contributed by atoms with van der Waals surface area (Å²) in [4.78, 5) is 13.9. The maximum atomic E-state index is 11.1. The molecule has 0 amide bonds. The monoisotopic (exact) mass is 268 g/mol. The van der Waals surface area contributed by atoms with Crippen molar-refractivity contribution in [2.24, 2.45) is 5.73 Å². The van der Waals surface area contributed by atoms with Crippen molar-refractivity contribution in [1.29, 1.82) is 0 Å². The molecule has 1 heterocycles. The molecule has 4 nitrogen and oxygen atoms in total. The van der Waals surface area contributed by atoms with E-state index in [1.165, 1.54) is 6.07 Å². The number of aromatic nitrogens is 1. The molecule has 3 N–H and O–H groups in total. The minimum absolute atomic E-state index is 0. The number of benzene rings is 1. The van der Waals surface area contributed by atoms with Crippen LogP contribution < -0.4 is 16.0 Å². The number of nitrogens with two attached hydrogens (primary N) is 1. The molecular formula is C13H17ClN2O2. The van der Waals surface area contributed by atoms with E-state index < -0.39 is 0 Å². The standard InChI is InChI=1S/C13H16N2O2.ClH/c14-7-1-2-8-17-11-4-5-12-10(9-11)3-6-13(16)15-12;/h3-6,9H,1-2,7-8,14H2,(H,15,16);1H. The zero-order chi connectivity index (χ0) is 12.1. The van der Waals surface area contributed by atoms with E-state index in [9.17, 15) is 4.79 Å². The van der Waals surface area contributed by atoms with Gasteiger partial charge in [-0.25, -0.2) is 0 Å². The zero-order valence-electron chi connectivity index (χ0n) is 10.0. The minimum Gasteiger partial charge on any atom is -0.494 e. The van der Waals surface area contributed by atoms with Gasteiger partial charge >= 0.3 is 0 Å². The number of halogens is 1. The van der Waals surface area contributed by atoms with Crippen molar-refractivity contribution in [3.63, 3.8) is 0 Å². The Kier molecular flexibility index (Phi) is 5.68. The van der Waals surface area contributed by atoms with Gasteiger partial charge in [0.05, 0.1) is 6.61 Å². The molecule has 0 atom stereocenters. The van der Waals surface area contributed by atoms with Crippen LogP contribution in [0.25, 0.3) is 10.9 Å². The fourth-order valence-corrected chi connectivity index (χ4v) is 1.66. The van der Waals surface area contributed by atoms with E-state index in [0.29, 0.717) is 13.2 Å². The number of hydrogen-bond donors (Lipinski definition) is 2. The Hall–Kier alpha value is -1.52. The molecule has 0 unspecified atom stereocenters. The van der Waals surface area contributed by atoms with Gasteiger partial charge in [-0.1, -0.05) is 0 Å². The first-order valence-electron chi connectivity index (χ1n) is 5.75. The predicted molar refractivity (Wildman–Crippen MR) is 75.6 cm³/mol. The number of hydrogen-bond acceptors (Lipinski definition) is 3. The Balaban J connectivity index is 0.00000162. The average molecular weight is 269 g/mol. The molecular weight excluding hydrogens is 252 g/mol. The van der Waals surface area contributed by atoms with Crippen molar-refractivity contribution in [2.75, 3.05) is 13.2 Å². The SMILES string of the molecule is Cl.NCCCCOc1ccc2[nH]c(=O)ccc2c1. The minimum atomic E-state index is -0.0888. The Morgan fingerprint density at radius 3 is 2.78 bits per heavy atom. The highest BCUT2D eigenvalue weighted by Gasteiger charge is 1.98. The average Bonchev–Trinajstić information content (AvgIpc) is 2.35. The van der Waals surface area contributed by atoms with Gasteiger partial charge in [-0.15, -0.1) is 12.4 Å². The summed E-state index contributed by atoms with van der Waals surface area (Å²) in [5, 5.41) is 0.973. The number of nitrogens with one attached hydrogen (secondary N) is 1. The summed E-state index contributed by atoms with van der Waals surface area (Å²) in [7, 11) is 0. The Morgan fingerprint density at radius 1 is 1.17 bits per heavy atom. The number of H-pyrrole nitrogens is 1. The quantitative estimate of drug-likeness (QED) is 0.816. The maximum absolute atomic E-state index is 11.1. The van der Waals surface area contributed by atoms with Crippen LogP contribution >= 0.6 is 12.4 Å². The summed E-state index contributed by atoms with van der Waals surface area (Å²) in [6, 6.07) is 8.95. The Labute approximate surface area is 112 Å². The summed E-state index contributed by atoms with van der Waals surface area (Å²) in [6.45, 7) is 1.37. The van der Waals surface area contributed by atoms with Gasteiger partial charge in [0.15, 0.2) is 0 Å². The molecule has 0 radical (unpaired) electrons. The molecule has 0 fully saturated rings. The highest BCUT2D eigenvalue weighted by molar-refractivity contribution is 5.85. The van der Waals surface area contributed by atoms with Crippen molar-refractivity contribution in [2.45, 2.75) is 12.8 Å². The van der Waals surface area contributed by atoms with Crippen LogP contribution in [0.4, 0.5) is 0 Å². The first-order chi connectivity index (χ1) is 8.29. The molecule has 0 spiro atoms. The first kappa shape index (κ1) is 14.5. The third kappa shape index (κ3) is 3.75. The third-order valence-electron chi connectivity index (χ3n) is 2.56. The van der Waals surface area contributed by atoms with E-state index in [0.717, 1.165) is 29.5 Å². The lowest BCUT2D eigenvalue weighted by Crippen LogP contribution is -2.04. The van der Waals surface area contributed by atoms with Crippen LogP contribution in [0.5, 0.6) is 5.75 Å². The molecule has 0 bridgehead atoms. The molecule has 0 saturated carbocycles. The van der Waals surface area contributed by atoms with Gasteiger partial charge in [-0.2, -0.15) is 0 Å². The number of pyridine rings is 1. The molecule has 2 aromatic rings. The summed E-state index contributed by atoms with van der Waals surface area (Å²) >= 11 is 0. The van der Waals surface area contributed by atoms with Crippen LogP contribution in [0.1, 0.15) is 12.8 Å². The largest absolute Gasteiger partial charge is 0.494 e. The predicted octanol–water partition coefficient (Wildman–Crippen LogP) is 2.07. The van der Waals surface area contributed by atoms with Gasteiger partial charge in [0.1, 0.15) is 5.75 Å². The topological polar surface area (TPSA) is 68.1 Å². The second-order valence-electron chi connectivity index (χ2n) is 3.92. The molecule has 0 saturated heterocycles. The van der Waals surface area contributed by atoms with E-state index in [2.05, 4.69) is 4.98 Å². The summed E-state index contributed by atoms with van der Waals surface area (Å²) in [5.41, 5.74) is 6.14. The first-order valence-corrected chi connectivity index (χ1v) is 5.75. The van der Waals surface area contributed by atoms with Crippen molar-refractivity contribution in [3.8, 4) is 5.75 Å². The Bertz CT molecular complexity index is 554. The number of aromatic amines is 1. The highest BCUT2D eigenvalue weighted by atomic mass is 35.5. The van der Waals surface area contributed by atoms with Gasteiger partial charge in [0, 0.05) is 17.0 Å². The molecule has 1 aromatic carbocycles. The number of rotatable bonds is 5. The summed E-state index contributed by atoms with van der Waals surface area (Å²) < 4.78 is 5.60. The number of fused-ring (bicyclic) bond motifs is 1. The van der Waals surface area contributed by atoms with Crippen molar-refractivity contribution >= 4 is 23.3 Å². The lowest BCUT2D eigenvalue weighted by molar-refractivity contribution is 0.308. The fraction of sp³-hybridized carbons (Fsp3) is 0.308. The maximum Gasteiger partial charge on any atom is 0.248 e. The molecule has 0 aliphatic heterocycles. The normalized spacial score (nSPS) is 10.1. The van der Waals surface area contributed by atoms with Gasteiger partial charge in [0.2, 0.25) is 5.56 Å². The van der Waals surface area contributed by atoms with Gasteiger partial charge in [-0.05, 0) is 43.7 Å². The van der Waals surface area contributed by atoms with Crippen molar-refractivity contribution in [1.82, 2.24) is 4.98 Å². The van der Waals surface area contributed by atoms with Crippen LogP contribution in [0, 0.1) is 0 Å². The van der Waals surface area contributed by atoms with Crippen LogP contribution in [-0.2, 0) is 0 Å². The fourth-order valence-electron chi connectivity index (χ4n) is 1.66. The molecule has 98 valence electrons. The van der Waals surface area contributed by atoms with Crippen molar-refractivity contribution in [3.05, 3.63) is 40.7 Å². The van der Waals surface area contributed by atoms with Gasteiger partial charge < -0.3 is 15.5 Å². The molecule has 2 rings (SSSR count). The van der Waals surface area contributed by atoms with Gasteiger partial charge in [-0.3, -0.25) is 4.79 Å². The van der Waals surface area contributed by atoms with E-state index in [-0.39, 0.29) is 18.0 Å². The molecule has 0 aliphatic carbocycles. The summed E-state index contributed by atoms with van der Waals surface area (Å²) in [5.74, 6) is 0.821. The number of unbranched alkanes of at least 4 members (excludes halogenated alkanes) is 1. The van der Waals surface area contributed by atoms with Gasteiger partial charge in [0.25, 0.3) is 0 Å². The smallest absolute Gasteiger partial charge is 0.248 e.